The molecule has 1 aliphatic heterocycles. The van der Waals surface area contributed by atoms with Crippen LogP contribution in [0.25, 0.3) is 5.69 Å². The van der Waals surface area contributed by atoms with E-state index in [0.717, 1.165) is 31.4 Å². The van der Waals surface area contributed by atoms with Gasteiger partial charge >= 0.3 is 5.97 Å². The topological polar surface area (TPSA) is 88.3 Å². The van der Waals surface area contributed by atoms with E-state index in [1.165, 1.54) is 4.90 Å². The van der Waals surface area contributed by atoms with Crippen LogP contribution in [0.5, 0.6) is 0 Å². The number of carboxylic acids is 1. The molecule has 2 aliphatic rings. The molecule has 0 unspecified atom stereocenters. The SMILES string of the molecule is Cc1nc(C(=O)N2[C@H](C(=O)O)C[C@@H]3CCCC[C@@H]32)nn1-c1ccc(Cl)cc1. The van der Waals surface area contributed by atoms with Crippen molar-refractivity contribution in [3.63, 3.8) is 0 Å². The van der Waals surface area contributed by atoms with Gasteiger partial charge in [0.05, 0.1) is 5.69 Å². The molecule has 1 aromatic heterocycles. The van der Waals surface area contributed by atoms with Gasteiger partial charge in [0.25, 0.3) is 5.91 Å². The number of aliphatic carboxylic acids is 1. The van der Waals surface area contributed by atoms with E-state index < -0.39 is 17.9 Å². The van der Waals surface area contributed by atoms with Gasteiger partial charge in [0.1, 0.15) is 11.9 Å². The number of nitrogens with zero attached hydrogens (tertiary/aromatic N) is 4. The molecule has 7 nitrogen and oxygen atoms in total. The Labute approximate surface area is 161 Å². The molecule has 0 spiro atoms. The van der Waals surface area contributed by atoms with Gasteiger partial charge in [-0.25, -0.2) is 14.5 Å². The smallest absolute Gasteiger partial charge is 0.326 e. The second-order valence-electron chi connectivity index (χ2n) is 7.28. The summed E-state index contributed by atoms with van der Waals surface area (Å²) >= 11 is 5.93. The summed E-state index contributed by atoms with van der Waals surface area (Å²) < 4.78 is 1.58. The molecule has 1 N–H and O–H groups in total. The van der Waals surface area contributed by atoms with Crippen LogP contribution in [-0.4, -0.2) is 48.7 Å². The highest BCUT2D eigenvalue weighted by molar-refractivity contribution is 6.30. The number of carbonyl (C=O) groups excluding carboxylic acids is 1. The van der Waals surface area contributed by atoms with Crippen LogP contribution >= 0.6 is 11.6 Å². The van der Waals surface area contributed by atoms with Crippen LogP contribution in [0.4, 0.5) is 0 Å². The average Bonchev–Trinajstić information content (AvgIpc) is 3.23. The molecule has 1 aliphatic carbocycles. The Kier molecular flexibility index (Phi) is 4.63. The van der Waals surface area contributed by atoms with Crippen molar-refractivity contribution in [3.05, 3.63) is 40.9 Å². The molecule has 2 aromatic rings. The van der Waals surface area contributed by atoms with Crippen LogP contribution in [0.1, 0.15) is 48.5 Å². The third-order valence-electron chi connectivity index (χ3n) is 5.64. The first-order valence-corrected chi connectivity index (χ1v) is 9.58. The molecule has 2 fully saturated rings. The van der Waals surface area contributed by atoms with Crippen LogP contribution in [0.2, 0.25) is 5.02 Å². The maximum atomic E-state index is 13.2. The van der Waals surface area contributed by atoms with Crippen molar-refractivity contribution in [1.29, 1.82) is 0 Å². The van der Waals surface area contributed by atoms with E-state index in [9.17, 15) is 14.7 Å². The Morgan fingerprint density at radius 2 is 1.89 bits per heavy atom. The van der Waals surface area contributed by atoms with Gasteiger partial charge in [0.15, 0.2) is 0 Å². The van der Waals surface area contributed by atoms with Crippen LogP contribution in [-0.2, 0) is 4.79 Å². The highest BCUT2D eigenvalue weighted by Crippen LogP contribution is 2.40. The van der Waals surface area contributed by atoms with Crippen LogP contribution < -0.4 is 0 Å². The van der Waals surface area contributed by atoms with Crippen molar-refractivity contribution in [2.45, 2.75) is 51.1 Å². The highest BCUT2D eigenvalue weighted by Gasteiger charge is 2.48. The summed E-state index contributed by atoms with van der Waals surface area (Å²) in [6.45, 7) is 1.76. The fourth-order valence-electron chi connectivity index (χ4n) is 4.40. The monoisotopic (exact) mass is 388 g/mol. The Bertz CT molecular complexity index is 880. The van der Waals surface area contributed by atoms with Crippen LogP contribution in [0.3, 0.4) is 0 Å². The minimum atomic E-state index is -0.952. The number of carbonyl (C=O) groups is 2. The number of likely N-dealkylation sites (tertiary alicyclic amines) is 1. The maximum absolute atomic E-state index is 13.2. The molecule has 1 aromatic carbocycles. The molecule has 4 rings (SSSR count). The summed E-state index contributed by atoms with van der Waals surface area (Å²) in [6, 6.07) is 6.25. The first-order chi connectivity index (χ1) is 13.0. The number of halogens is 1. The van der Waals surface area contributed by atoms with Gasteiger partial charge in [0, 0.05) is 11.1 Å². The lowest BCUT2D eigenvalue weighted by molar-refractivity contribution is -0.141. The summed E-state index contributed by atoms with van der Waals surface area (Å²) in [6.07, 6.45) is 4.45. The van der Waals surface area contributed by atoms with Crippen molar-refractivity contribution in [1.82, 2.24) is 19.7 Å². The van der Waals surface area contributed by atoms with E-state index >= 15 is 0 Å². The van der Waals surface area contributed by atoms with Crippen molar-refractivity contribution >= 4 is 23.5 Å². The van der Waals surface area contributed by atoms with Gasteiger partial charge in [-0.3, -0.25) is 4.79 Å². The summed E-state index contributed by atoms with van der Waals surface area (Å²) in [5.41, 5.74) is 0.746. The first-order valence-electron chi connectivity index (χ1n) is 9.21. The molecular formula is C19H21ClN4O3. The largest absolute Gasteiger partial charge is 0.480 e. The molecular weight excluding hydrogens is 368 g/mol. The van der Waals surface area contributed by atoms with Gasteiger partial charge in [0.2, 0.25) is 5.82 Å². The van der Waals surface area contributed by atoms with Gasteiger partial charge in [-0.2, -0.15) is 0 Å². The average molecular weight is 389 g/mol. The van der Waals surface area contributed by atoms with Gasteiger partial charge in [-0.05, 0) is 56.4 Å². The number of amides is 1. The van der Waals surface area contributed by atoms with E-state index in [0.29, 0.717) is 17.3 Å². The molecule has 27 heavy (non-hydrogen) atoms. The molecule has 1 amide bonds. The fraction of sp³-hybridized carbons (Fsp3) is 0.474. The lowest BCUT2D eigenvalue weighted by atomic mass is 9.85. The Morgan fingerprint density at radius 1 is 1.19 bits per heavy atom. The summed E-state index contributed by atoms with van der Waals surface area (Å²) in [5, 5.41) is 14.6. The first kappa shape index (κ1) is 18.0. The predicted octanol–water partition coefficient (Wildman–Crippen LogP) is 3.09. The van der Waals surface area contributed by atoms with E-state index in [4.69, 9.17) is 11.6 Å². The zero-order valence-corrected chi connectivity index (χ0v) is 15.8. The summed E-state index contributed by atoms with van der Waals surface area (Å²) in [5.74, 6) is -0.491. The number of hydrogen-bond acceptors (Lipinski definition) is 4. The molecule has 2 heterocycles. The predicted molar refractivity (Wildman–Crippen MR) is 99.1 cm³/mol. The fourth-order valence-corrected chi connectivity index (χ4v) is 4.52. The van der Waals surface area contributed by atoms with Crippen molar-refractivity contribution in [2.75, 3.05) is 0 Å². The Hall–Kier alpha value is -2.41. The molecule has 1 saturated heterocycles. The number of rotatable bonds is 3. The molecule has 142 valence electrons. The third-order valence-corrected chi connectivity index (χ3v) is 5.89. The standard InChI is InChI=1S/C19H21ClN4O3/c1-11-21-17(22-24(11)14-8-6-13(20)7-9-14)18(25)23-15-5-3-2-4-12(15)10-16(23)19(26)27/h6-9,12,15-16H,2-5,10H2,1H3,(H,26,27)/t12-,15-,16-/m0/s1. The van der Waals surface area contributed by atoms with Crippen LogP contribution in [0, 0.1) is 12.8 Å². The second kappa shape index (κ2) is 6.96. The van der Waals surface area contributed by atoms with E-state index in [1.54, 1.807) is 35.9 Å². The summed E-state index contributed by atoms with van der Waals surface area (Å²) in [7, 11) is 0. The Balaban J connectivity index is 1.66. The molecule has 0 bridgehead atoms. The van der Waals surface area contributed by atoms with E-state index in [-0.39, 0.29) is 17.8 Å². The molecule has 3 atom stereocenters. The summed E-state index contributed by atoms with van der Waals surface area (Å²) in [4.78, 5) is 30.8. The number of fused-ring (bicyclic) bond motifs is 1. The zero-order valence-electron chi connectivity index (χ0n) is 15.0. The quantitative estimate of drug-likeness (QED) is 0.872. The number of hydrogen-bond donors (Lipinski definition) is 1. The molecule has 8 heteroatoms. The Morgan fingerprint density at radius 3 is 2.59 bits per heavy atom. The third kappa shape index (κ3) is 3.20. The minimum absolute atomic E-state index is 0.0323. The van der Waals surface area contributed by atoms with Crippen molar-refractivity contribution < 1.29 is 14.7 Å². The lowest BCUT2D eigenvalue weighted by Crippen LogP contribution is -2.46. The number of benzene rings is 1. The van der Waals surface area contributed by atoms with Gasteiger partial charge < -0.3 is 10.0 Å². The lowest BCUT2D eigenvalue weighted by Gasteiger charge is -2.32. The van der Waals surface area contributed by atoms with E-state index in [2.05, 4.69) is 10.1 Å². The zero-order chi connectivity index (χ0) is 19.1. The van der Waals surface area contributed by atoms with Crippen LogP contribution in [0.15, 0.2) is 24.3 Å². The van der Waals surface area contributed by atoms with Gasteiger partial charge in [-0.15, -0.1) is 5.10 Å². The number of aryl methyl sites for hydroxylation is 1. The van der Waals surface area contributed by atoms with Crippen molar-refractivity contribution in [2.24, 2.45) is 5.92 Å². The maximum Gasteiger partial charge on any atom is 0.326 e. The highest BCUT2D eigenvalue weighted by atomic mass is 35.5. The molecule has 1 saturated carbocycles. The normalized spacial score (nSPS) is 24.7. The number of aromatic nitrogens is 3. The van der Waals surface area contributed by atoms with Crippen molar-refractivity contribution in [3.8, 4) is 5.69 Å². The number of carboxylic acid groups (broad SMARTS) is 1. The minimum Gasteiger partial charge on any atom is -0.480 e. The second-order valence-corrected chi connectivity index (χ2v) is 7.72. The van der Waals surface area contributed by atoms with Gasteiger partial charge in [-0.1, -0.05) is 24.4 Å². The molecule has 0 radical (unpaired) electrons. The van der Waals surface area contributed by atoms with E-state index in [1.807, 2.05) is 0 Å².